The van der Waals surface area contributed by atoms with E-state index < -0.39 is 0 Å². The van der Waals surface area contributed by atoms with E-state index in [1.54, 1.807) is 10.7 Å². The second-order valence-electron chi connectivity index (χ2n) is 7.59. The summed E-state index contributed by atoms with van der Waals surface area (Å²) in [5.74, 6) is 0.675. The van der Waals surface area contributed by atoms with Gasteiger partial charge in [-0.25, -0.2) is 9.38 Å². The molecule has 0 saturated carbocycles. The molecule has 1 aromatic carbocycles. The second-order valence-corrected chi connectivity index (χ2v) is 7.59. The molecule has 0 amide bonds. The third-order valence-corrected chi connectivity index (χ3v) is 4.81. The third kappa shape index (κ3) is 5.77. The number of nitrogens with one attached hydrogen (secondary N) is 1. The Hall–Kier alpha value is -2.45. The Morgan fingerprint density at radius 3 is 2.93 bits per heavy atom. The van der Waals surface area contributed by atoms with Crippen LogP contribution in [-0.4, -0.2) is 65.9 Å². The van der Waals surface area contributed by atoms with E-state index in [4.69, 9.17) is 9.73 Å². The van der Waals surface area contributed by atoms with Crippen molar-refractivity contribution in [1.29, 1.82) is 0 Å². The first kappa shape index (κ1) is 21.3. The molecule has 0 aliphatic carbocycles. The quantitative estimate of drug-likeness (QED) is 0.593. The summed E-state index contributed by atoms with van der Waals surface area (Å²) in [6.45, 7) is 6.03. The zero-order chi connectivity index (χ0) is 20.8. The van der Waals surface area contributed by atoms with Crippen molar-refractivity contribution in [2.45, 2.75) is 26.1 Å². The zero-order valence-corrected chi connectivity index (χ0v) is 17.7. The normalized spacial score (nSPS) is 17.8. The minimum absolute atomic E-state index is 0.0289. The molecule has 1 unspecified atom stereocenters. The fourth-order valence-electron chi connectivity index (χ4n) is 3.43. The van der Waals surface area contributed by atoms with E-state index in [1.165, 1.54) is 6.07 Å². The van der Waals surface area contributed by atoms with Crippen LogP contribution in [0, 0.1) is 5.82 Å². The topological polar surface area (TPSA) is 57.9 Å². The Morgan fingerprint density at radius 1 is 1.41 bits per heavy atom. The van der Waals surface area contributed by atoms with Gasteiger partial charge >= 0.3 is 0 Å². The van der Waals surface area contributed by atoms with E-state index in [9.17, 15) is 4.39 Å². The van der Waals surface area contributed by atoms with Crippen LogP contribution in [0.15, 0.2) is 35.6 Å². The summed E-state index contributed by atoms with van der Waals surface area (Å²) in [5.41, 5.74) is 2.76. The van der Waals surface area contributed by atoms with Crippen molar-refractivity contribution in [3.05, 3.63) is 53.1 Å². The molecule has 2 heterocycles. The Labute approximate surface area is 172 Å². The molecule has 1 aliphatic heterocycles. The molecule has 3 rings (SSSR count). The molecule has 0 spiro atoms. The molecule has 1 N–H and O–H groups in total. The number of hydrogen-bond donors (Lipinski definition) is 1. The van der Waals surface area contributed by atoms with Crippen molar-refractivity contribution in [2.75, 3.05) is 40.3 Å². The minimum atomic E-state index is -0.175. The fourth-order valence-corrected chi connectivity index (χ4v) is 3.43. The van der Waals surface area contributed by atoms with Crippen LogP contribution in [0.1, 0.15) is 29.7 Å². The summed E-state index contributed by atoms with van der Waals surface area (Å²) >= 11 is 0. The first-order valence-corrected chi connectivity index (χ1v) is 10.0. The van der Waals surface area contributed by atoms with Crippen LogP contribution >= 0.6 is 0 Å². The van der Waals surface area contributed by atoms with Crippen molar-refractivity contribution >= 4 is 5.96 Å². The van der Waals surface area contributed by atoms with Gasteiger partial charge in [-0.1, -0.05) is 6.07 Å². The first-order chi connectivity index (χ1) is 14.0. The van der Waals surface area contributed by atoms with Crippen molar-refractivity contribution in [2.24, 2.45) is 12.0 Å². The molecule has 29 heavy (non-hydrogen) atoms. The summed E-state index contributed by atoms with van der Waals surface area (Å²) in [5, 5.41) is 7.62. The van der Waals surface area contributed by atoms with Crippen molar-refractivity contribution in [1.82, 2.24) is 24.9 Å². The lowest BCUT2D eigenvalue weighted by Gasteiger charge is -2.34. The number of aromatic nitrogens is 2. The summed E-state index contributed by atoms with van der Waals surface area (Å²) in [6.07, 6.45) is 3.81. The summed E-state index contributed by atoms with van der Waals surface area (Å²) in [6, 6.07) is 5.24. The number of hydrogen-bond acceptors (Lipinski definition) is 4. The highest BCUT2D eigenvalue weighted by atomic mass is 19.1. The molecule has 1 atom stereocenters. The first-order valence-electron chi connectivity index (χ1n) is 10.0. The maximum atomic E-state index is 14.0. The highest BCUT2D eigenvalue weighted by Crippen LogP contribution is 2.22. The van der Waals surface area contributed by atoms with E-state index in [2.05, 4.69) is 22.2 Å². The number of halogens is 1. The van der Waals surface area contributed by atoms with Crippen molar-refractivity contribution in [3.63, 3.8) is 0 Å². The van der Waals surface area contributed by atoms with Crippen molar-refractivity contribution in [3.8, 4) is 0 Å². The van der Waals surface area contributed by atoms with Gasteiger partial charge in [-0.05, 0) is 38.7 Å². The van der Waals surface area contributed by atoms with Crippen LogP contribution in [-0.2, 0) is 24.9 Å². The molecule has 2 aromatic rings. The monoisotopic (exact) mass is 402 g/mol. The molecule has 0 bridgehead atoms. The van der Waals surface area contributed by atoms with Gasteiger partial charge in [-0.15, -0.1) is 0 Å². The number of benzene rings is 1. The van der Waals surface area contributed by atoms with Gasteiger partial charge in [-0.3, -0.25) is 4.68 Å². The predicted octanol–water partition coefficient (Wildman–Crippen LogP) is 2.16. The van der Waals surface area contributed by atoms with Gasteiger partial charge < -0.3 is 19.9 Å². The van der Waals surface area contributed by atoms with Crippen LogP contribution in [0.5, 0.6) is 0 Å². The molecule has 7 nitrogen and oxygen atoms in total. The Morgan fingerprint density at radius 2 is 2.24 bits per heavy atom. The maximum absolute atomic E-state index is 14.0. The fraction of sp³-hybridized carbons (Fsp3) is 0.524. The number of ether oxygens (including phenoxy) is 1. The molecule has 1 saturated heterocycles. The van der Waals surface area contributed by atoms with Crippen LogP contribution in [0.2, 0.25) is 0 Å². The molecular weight excluding hydrogens is 371 g/mol. The molecule has 0 radical (unpaired) electrons. The standard InChI is InChI=1S/C21H31FN6O/c1-5-23-21(24-11-16-6-7-19(22)17(10-16)13-26(2)3)28-8-9-29-20(15-28)18-12-25-27(4)14-18/h6-7,10,12,14,20H,5,8-9,11,13,15H2,1-4H3,(H,23,24). The average Bonchev–Trinajstić information content (AvgIpc) is 3.13. The lowest BCUT2D eigenvalue weighted by Crippen LogP contribution is -2.48. The van der Waals surface area contributed by atoms with Gasteiger partial charge in [0.25, 0.3) is 0 Å². The molecular formula is C21H31FN6O. The lowest BCUT2D eigenvalue weighted by atomic mass is 10.1. The lowest BCUT2D eigenvalue weighted by molar-refractivity contribution is -0.00805. The predicted molar refractivity (Wildman–Crippen MR) is 112 cm³/mol. The van der Waals surface area contributed by atoms with E-state index in [1.807, 2.05) is 44.5 Å². The third-order valence-electron chi connectivity index (χ3n) is 4.81. The molecule has 1 aromatic heterocycles. The van der Waals surface area contributed by atoms with E-state index >= 15 is 0 Å². The molecule has 8 heteroatoms. The SMILES string of the molecule is CCNC(=NCc1ccc(F)c(CN(C)C)c1)N1CCOC(c2cnn(C)c2)C1. The van der Waals surface area contributed by atoms with E-state index in [-0.39, 0.29) is 11.9 Å². The highest BCUT2D eigenvalue weighted by Gasteiger charge is 2.25. The molecule has 1 aliphatic rings. The van der Waals surface area contributed by atoms with Crippen LogP contribution in [0.4, 0.5) is 4.39 Å². The number of nitrogens with zero attached hydrogens (tertiary/aromatic N) is 5. The smallest absolute Gasteiger partial charge is 0.194 e. The summed E-state index contributed by atoms with van der Waals surface area (Å²) < 4.78 is 21.8. The van der Waals surface area contributed by atoms with Gasteiger partial charge in [0.05, 0.1) is 25.9 Å². The molecule has 158 valence electrons. The van der Waals surface area contributed by atoms with Gasteiger partial charge in [0.1, 0.15) is 11.9 Å². The minimum Gasteiger partial charge on any atom is -0.370 e. The number of aryl methyl sites for hydroxylation is 1. The summed E-state index contributed by atoms with van der Waals surface area (Å²) in [4.78, 5) is 8.99. The highest BCUT2D eigenvalue weighted by molar-refractivity contribution is 5.80. The van der Waals surface area contributed by atoms with E-state index in [0.717, 1.165) is 30.2 Å². The molecule has 1 fully saturated rings. The number of morpholine rings is 1. The number of rotatable bonds is 6. The Kier molecular flexibility index (Phi) is 7.22. The van der Waals surface area contributed by atoms with Crippen molar-refractivity contribution < 1.29 is 9.13 Å². The van der Waals surface area contributed by atoms with Gasteiger partial charge in [-0.2, -0.15) is 5.10 Å². The van der Waals surface area contributed by atoms with Crippen LogP contribution < -0.4 is 5.32 Å². The summed E-state index contributed by atoms with van der Waals surface area (Å²) in [7, 11) is 5.78. The van der Waals surface area contributed by atoms with Gasteiger partial charge in [0, 0.05) is 44.0 Å². The van der Waals surface area contributed by atoms with Gasteiger partial charge in [0.2, 0.25) is 0 Å². The van der Waals surface area contributed by atoms with Gasteiger partial charge in [0.15, 0.2) is 5.96 Å². The van der Waals surface area contributed by atoms with E-state index in [0.29, 0.717) is 31.8 Å². The maximum Gasteiger partial charge on any atom is 0.194 e. The van der Waals surface area contributed by atoms with Crippen LogP contribution in [0.3, 0.4) is 0 Å². The Bertz CT molecular complexity index is 834. The largest absolute Gasteiger partial charge is 0.370 e. The second kappa shape index (κ2) is 9.84. The average molecular weight is 403 g/mol. The van der Waals surface area contributed by atoms with Crippen LogP contribution in [0.25, 0.3) is 0 Å². The number of aliphatic imine (C=N–C) groups is 1. The Balaban J connectivity index is 1.72. The zero-order valence-electron chi connectivity index (χ0n) is 17.7. The number of guanidine groups is 1.